The zero-order valence-corrected chi connectivity index (χ0v) is 25.1. The highest BCUT2D eigenvalue weighted by molar-refractivity contribution is 5.96. The molecule has 4 rings (SSSR count). The summed E-state index contributed by atoms with van der Waals surface area (Å²) in [6.07, 6.45) is 9.20. The van der Waals surface area contributed by atoms with Gasteiger partial charge < -0.3 is 10.4 Å². The highest BCUT2D eigenvalue weighted by Crippen LogP contribution is 2.73. The number of fused-ring (bicyclic) bond motifs is 5. The minimum absolute atomic E-state index is 0.0669. The maximum absolute atomic E-state index is 14.3. The Morgan fingerprint density at radius 3 is 2.29 bits per heavy atom. The van der Waals surface area contributed by atoms with Gasteiger partial charge in [-0.15, -0.1) is 0 Å². The fourth-order valence-electron chi connectivity index (χ4n) is 9.72. The largest absolute Gasteiger partial charge is 0.481 e. The number of amides is 1. The molecule has 5 nitrogen and oxygen atoms in total. The van der Waals surface area contributed by atoms with Gasteiger partial charge in [0.25, 0.3) is 0 Å². The SMILES string of the molecule is C=C(C)C1CC[C@]2(C)C(C(=O)C=C3[C@@H]4C[C@@](C)(C(=O)NC(C)C)CC[C@]4(C)CC[C@]32C)[C@@]1(C)CCC(=O)O. The monoisotopic (exact) mass is 525 g/mol. The Bertz CT molecular complexity index is 1070. The summed E-state index contributed by atoms with van der Waals surface area (Å²) in [4.78, 5) is 39.4. The summed E-state index contributed by atoms with van der Waals surface area (Å²) in [5, 5.41) is 12.8. The van der Waals surface area contributed by atoms with Gasteiger partial charge in [-0.3, -0.25) is 14.4 Å². The smallest absolute Gasteiger partial charge is 0.303 e. The van der Waals surface area contributed by atoms with Crippen LogP contribution in [0, 0.1) is 44.8 Å². The van der Waals surface area contributed by atoms with Gasteiger partial charge in [0.15, 0.2) is 5.78 Å². The van der Waals surface area contributed by atoms with Gasteiger partial charge in [-0.05, 0) is 112 Å². The number of carbonyl (C=O) groups excluding carboxylic acids is 2. The number of hydrogen-bond acceptors (Lipinski definition) is 3. The van der Waals surface area contributed by atoms with Crippen molar-refractivity contribution in [2.75, 3.05) is 0 Å². The summed E-state index contributed by atoms with van der Waals surface area (Å²) in [5.74, 6) is -0.405. The molecule has 0 aromatic rings. The van der Waals surface area contributed by atoms with E-state index in [1.54, 1.807) is 0 Å². The molecule has 0 aromatic heterocycles. The fraction of sp³-hybridized carbons (Fsp3) is 0.788. The van der Waals surface area contributed by atoms with Crippen molar-refractivity contribution in [2.24, 2.45) is 44.8 Å². The molecule has 8 atom stereocenters. The van der Waals surface area contributed by atoms with Crippen molar-refractivity contribution in [2.45, 2.75) is 119 Å². The molecule has 4 aliphatic carbocycles. The van der Waals surface area contributed by atoms with E-state index in [0.29, 0.717) is 6.42 Å². The van der Waals surface area contributed by atoms with Gasteiger partial charge in [-0.2, -0.15) is 0 Å². The summed E-state index contributed by atoms with van der Waals surface area (Å²) in [7, 11) is 0. The number of aliphatic carboxylic acids is 1. The van der Waals surface area contributed by atoms with E-state index in [0.717, 1.165) is 50.5 Å². The molecule has 212 valence electrons. The maximum Gasteiger partial charge on any atom is 0.303 e. The molecule has 0 heterocycles. The van der Waals surface area contributed by atoms with Crippen molar-refractivity contribution >= 4 is 17.7 Å². The Balaban J connectivity index is 1.81. The van der Waals surface area contributed by atoms with Crippen molar-refractivity contribution < 1.29 is 19.5 Å². The van der Waals surface area contributed by atoms with Crippen LogP contribution in [-0.2, 0) is 14.4 Å². The molecule has 0 spiro atoms. The quantitative estimate of drug-likeness (QED) is 0.362. The van der Waals surface area contributed by atoms with Crippen LogP contribution in [0.25, 0.3) is 0 Å². The lowest BCUT2D eigenvalue weighted by molar-refractivity contribution is -0.165. The van der Waals surface area contributed by atoms with E-state index in [1.807, 2.05) is 26.8 Å². The van der Waals surface area contributed by atoms with Crippen molar-refractivity contribution in [1.82, 2.24) is 5.32 Å². The lowest BCUT2D eigenvalue weighted by atomic mass is 9.35. The van der Waals surface area contributed by atoms with E-state index >= 15 is 0 Å². The lowest BCUT2D eigenvalue weighted by Gasteiger charge is -2.68. The van der Waals surface area contributed by atoms with E-state index in [9.17, 15) is 19.5 Å². The third kappa shape index (κ3) is 4.22. The molecule has 2 unspecified atom stereocenters. The number of carbonyl (C=O) groups is 3. The molecule has 3 saturated carbocycles. The number of carboxylic acid groups (broad SMARTS) is 1. The molecule has 38 heavy (non-hydrogen) atoms. The number of allylic oxidation sites excluding steroid dienone is 3. The number of ketones is 1. The van der Waals surface area contributed by atoms with Crippen LogP contribution in [0.3, 0.4) is 0 Å². The minimum Gasteiger partial charge on any atom is -0.481 e. The van der Waals surface area contributed by atoms with Crippen LogP contribution in [0.5, 0.6) is 0 Å². The second-order valence-corrected chi connectivity index (χ2v) is 15.1. The minimum atomic E-state index is -0.806. The van der Waals surface area contributed by atoms with Gasteiger partial charge >= 0.3 is 5.97 Å². The average Bonchev–Trinajstić information content (AvgIpc) is 2.80. The van der Waals surface area contributed by atoms with E-state index < -0.39 is 16.8 Å². The van der Waals surface area contributed by atoms with Crippen LogP contribution in [0.15, 0.2) is 23.8 Å². The topological polar surface area (TPSA) is 83.5 Å². The zero-order chi connectivity index (χ0) is 28.5. The number of nitrogens with one attached hydrogen (secondary N) is 1. The molecule has 0 bridgehead atoms. The van der Waals surface area contributed by atoms with Crippen molar-refractivity contribution in [3.05, 3.63) is 23.8 Å². The first kappa shape index (κ1) is 29.1. The highest BCUT2D eigenvalue weighted by Gasteiger charge is 2.68. The Hall–Kier alpha value is -1.91. The first-order chi connectivity index (χ1) is 17.4. The lowest BCUT2D eigenvalue weighted by Crippen LogP contribution is -2.63. The number of hydrogen-bond donors (Lipinski definition) is 2. The summed E-state index contributed by atoms with van der Waals surface area (Å²) < 4.78 is 0. The van der Waals surface area contributed by atoms with Crippen LogP contribution in [0.4, 0.5) is 0 Å². The standard InChI is InChI=1S/C33H51NO4/c1-20(2)22-10-13-33(9)27(31(22,7)12-11-26(36)37)25(35)18-23-24-19-30(6,28(38)34-21(3)4)15-14-29(24,5)16-17-32(23,33)8/h18,21-22,24,27H,1,10-17,19H2,2-9H3,(H,34,38)(H,36,37)/t22?,24-,27?,29+,30-,31-,32+,33+/m0/s1. The van der Waals surface area contributed by atoms with Crippen molar-refractivity contribution in [3.8, 4) is 0 Å². The van der Waals surface area contributed by atoms with Gasteiger partial charge in [0.1, 0.15) is 0 Å². The molecule has 4 aliphatic rings. The molecule has 5 heteroatoms. The summed E-state index contributed by atoms with van der Waals surface area (Å²) in [6, 6.07) is 0.103. The van der Waals surface area contributed by atoms with Crippen LogP contribution in [0.2, 0.25) is 0 Å². The fourth-order valence-corrected chi connectivity index (χ4v) is 9.72. The van der Waals surface area contributed by atoms with Gasteiger partial charge in [-0.25, -0.2) is 0 Å². The van der Waals surface area contributed by atoms with E-state index in [2.05, 4.69) is 46.5 Å². The van der Waals surface area contributed by atoms with Gasteiger partial charge in [0.2, 0.25) is 5.91 Å². The third-order valence-electron chi connectivity index (χ3n) is 12.3. The van der Waals surface area contributed by atoms with Gasteiger partial charge in [0.05, 0.1) is 0 Å². The third-order valence-corrected chi connectivity index (χ3v) is 12.3. The molecular weight excluding hydrogens is 474 g/mol. The molecule has 0 radical (unpaired) electrons. The van der Waals surface area contributed by atoms with Crippen LogP contribution in [0.1, 0.15) is 113 Å². The predicted molar refractivity (Wildman–Crippen MR) is 151 cm³/mol. The summed E-state index contributed by atoms with van der Waals surface area (Å²) >= 11 is 0. The van der Waals surface area contributed by atoms with E-state index in [1.165, 1.54) is 5.57 Å². The van der Waals surface area contributed by atoms with Gasteiger partial charge in [0, 0.05) is 23.8 Å². The number of rotatable bonds is 6. The Morgan fingerprint density at radius 2 is 1.71 bits per heavy atom. The number of carboxylic acids is 1. The maximum atomic E-state index is 14.3. The molecular formula is C33H51NO4. The molecule has 3 fully saturated rings. The summed E-state index contributed by atoms with van der Waals surface area (Å²) in [6.45, 7) is 21.7. The first-order valence-corrected chi connectivity index (χ1v) is 14.9. The normalized spacial score (nSPS) is 44.4. The Kier molecular flexibility index (Phi) is 7.15. The molecule has 0 aromatic carbocycles. The predicted octanol–water partition coefficient (Wildman–Crippen LogP) is 7.11. The van der Waals surface area contributed by atoms with Crippen molar-refractivity contribution in [3.63, 3.8) is 0 Å². The Labute approximate surface area is 230 Å². The van der Waals surface area contributed by atoms with Crippen LogP contribution in [-0.4, -0.2) is 28.8 Å². The second kappa shape index (κ2) is 9.34. The molecule has 1 amide bonds. The zero-order valence-electron chi connectivity index (χ0n) is 25.1. The average molecular weight is 526 g/mol. The second-order valence-electron chi connectivity index (χ2n) is 15.1. The molecule has 0 aliphatic heterocycles. The molecule has 2 N–H and O–H groups in total. The highest BCUT2D eigenvalue weighted by atomic mass is 16.4. The van der Waals surface area contributed by atoms with E-state index in [-0.39, 0.29) is 58.2 Å². The Morgan fingerprint density at radius 1 is 1.08 bits per heavy atom. The molecule has 0 saturated heterocycles. The van der Waals surface area contributed by atoms with Crippen LogP contribution >= 0.6 is 0 Å². The van der Waals surface area contributed by atoms with Gasteiger partial charge in [-0.1, -0.05) is 52.3 Å². The summed E-state index contributed by atoms with van der Waals surface area (Å²) in [5.41, 5.74) is 1.11. The van der Waals surface area contributed by atoms with Crippen molar-refractivity contribution in [1.29, 1.82) is 0 Å². The van der Waals surface area contributed by atoms with Crippen LogP contribution < -0.4 is 5.32 Å². The van der Waals surface area contributed by atoms with E-state index in [4.69, 9.17) is 0 Å². The first-order valence-electron chi connectivity index (χ1n) is 14.9.